The second-order valence-corrected chi connectivity index (χ2v) is 10.0. The van der Waals surface area contributed by atoms with Gasteiger partial charge in [-0.2, -0.15) is 0 Å². The van der Waals surface area contributed by atoms with Crippen LogP contribution in [0.4, 0.5) is 15.8 Å². The molecule has 0 spiro atoms. The monoisotopic (exact) mass is 414 g/mol. The van der Waals surface area contributed by atoms with Gasteiger partial charge in [0, 0.05) is 19.0 Å². The van der Waals surface area contributed by atoms with Gasteiger partial charge < -0.3 is 4.90 Å². The van der Waals surface area contributed by atoms with E-state index < -0.39 is 10.0 Å². The summed E-state index contributed by atoms with van der Waals surface area (Å²) in [5, 5.41) is 0. The average molecular weight is 415 g/mol. The predicted molar refractivity (Wildman–Crippen MR) is 109 cm³/mol. The molecule has 7 heteroatoms. The summed E-state index contributed by atoms with van der Waals surface area (Å²) in [6, 6.07) is 7.60. The van der Waals surface area contributed by atoms with Crippen molar-refractivity contribution in [3.63, 3.8) is 0 Å². The van der Waals surface area contributed by atoms with Gasteiger partial charge in [0.25, 0.3) is 10.0 Å². The van der Waals surface area contributed by atoms with Crippen LogP contribution >= 0.6 is 0 Å². The molecule has 3 heterocycles. The number of carbonyl (C=O) groups is 1. The summed E-state index contributed by atoms with van der Waals surface area (Å²) in [6.07, 6.45) is 3.90. The maximum Gasteiger partial charge on any atom is 0.264 e. The topological polar surface area (TPSA) is 57.7 Å². The van der Waals surface area contributed by atoms with Crippen molar-refractivity contribution in [2.45, 2.75) is 56.4 Å². The number of rotatable bonds is 2. The highest BCUT2D eigenvalue weighted by Crippen LogP contribution is 2.40. The second kappa shape index (κ2) is 6.55. The van der Waals surface area contributed by atoms with Crippen molar-refractivity contribution in [2.75, 3.05) is 15.7 Å². The van der Waals surface area contributed by atoms with Crippen molar-refractivity contribution in [3.8, 4) is 0 Å². The maximum absolute atomic E-state index is 13.7. The Morgan fingerprint density at radius 2 is 1.76 bits per heavy atom. The molecule has 5 nitrogen and oxygen atoms in total. The Hall–Kier alpha value is -2.41. The molecule has 0 fully saturated rings. The SMILES string of the molecule is C[C@H]1CCc2cc(F)ccc2N1S(=O)(=O)c1cc2c3c(c1)CCC(=O)N3CCC2. The van der Waals surface area contributed by atoms with E-state index >= 15 is 0 Å². The number of hydrogen-bond acceptors (Lipinski definition) is 3. The van der Waals surface area contributed by atoms with E-state index in [-0.39, 0.29) is 22.7 Å². The number of hydrogen-bond donors (Lipinski definition) is 0. The van der Waals surface area contributed by atoms with Crippen LogP contribution in [-0.4, -0.2) is 26.9 Å². The maximum atomic E-state index is 13.7. The summed E-state index contributed by atoms with van der Waals surface area (Å²) >= 11 is 0. The average Bonchev–Trinajstić information content (AvgIpc) is 2.70. The summed E-state index contributed by atoms with van der Waals surface area (Å²) in [4.78, 5) is 14.4. The fourth-order valence-corrected chi connectivity index (χ4v) is 6.76. The number of aryl methyl sites for hydroxylation is 3. The fourth-order valence-electron chi connectivity index (χ4n) is 4.94. The van der Waals surface area contributed by atoms with Gasteiger partial charge in [-0.15, -0.1) is 0 Å². The van der Waals surface area contributed by atoms with Gasteiger partial charge in [-0.25, -0.2) is 12.8 Å². The molecule has 1 atom stereocenters. The van der Waals surface area contributed by atoms with Gasteiger partial charge >= 0.3 is 0 Å². The minimum absolute atomic E-state index is 0.120. The highest BCUT2D eigenvalue weighted by molar-refractivity contribution is 7.92. The van der Waals surface area contributed by atoms with Crippen molar-refractivity contribution in [1.82, 2.24) is 0 Å². The molecule has 0 bridgehead atoms. The third kappa shape index (κ3) is 2.86. The van der Waals surface area contributed by atoms with E-state index in [4.69, 9.17) is 0 Å². The van der Waals surface area contributed by atoms with Gasteiger partial charge in [-0.3, -0.25) is 9.10 Å². The Bertz CT molecular complexity index is 1110. The highest BCUT2D eigenvalue weighted by Gasteiger charge is 2.36. The lowest BCUT2D eigenvalue weighted by Gasteiger charge is -2.38. The summed E-state index contributed by atoms with van der Waals surface area (Å²) < 4.78 is 42.6. The van der Waals surface area contributed by atoms with Crippen LogP contribution in [0.5, 0.6) is 0 Å². The number of anilines is 2. The molecule has 0 N–H and O–H groups in total. The number of halogens is 1. The van der Waals surface area contributed by atoms with Gasteiger partial charge in [-0.1, -0.05) is 0 Å². The largest absolute Gasteiger partial charge is 0.312 e. The fraction of sp³-hybridized carbons (Fsp3) is 0.409. The third-order valence-electron chi connectivity index (χ3n) is 6.32. The third-order valence-corrected chi connectivity index (χ3v) is 8.22. The first-order valence-electron chi connectivity index (χ1n) is 10.2. The Kier molecular flexibility index (Phi) is 4.21. The number of sulfonamides is 1. The number of carbonyl (C=O) groups excluding carboxylic acids is 1. The molecule has 0 aliphatic carbocycles. The molecule has 3 aliphatic heterocycles. The normalized spacial score (nSPS) is 21.0. The Balaban J connectivity index is 1.64. The molecule has 2 aromatic rings. The molecule has 0 aromatic heterocycles. The molecule has 0 saturated heterocycles. The van der Waals surface area contributed by atoms with E-state index in [0.717, 1.165) is 35.2 Å². The molecule has 1 amide bonds. The molecule has 152 valence electrons. The van der Waals surface area contributed by atoms with E-state index in [2.05, 4.69) is 0 Å². The first-order chi connectivity index (χ1) is 13.9. The van der Waals surface area contributed by atoms with Crippen LogP contribution in [0, 0.1) is 5.82 Å². The zero-order valence-electron chi connectivity index (χ0n) is 16.3. The summed E-state index contributed by atoms with van der Waals surface area (Å²) in [5.74, 6) is -0.228. The van der Waals surface area contributed by atoms with Crippen LogP contribution in [-0.2, 0) is 34.1 Å². The second-order valence-electron chi connectivity index (χ2n) is 8.20. The van der Waals surface area contributed by atoms with Gasteiger partial charge in [-0.05, 0) is 86.1 Å². The van der Waals surface area contributed by atoms with Crippen molar-refractivity contribution in [3.05, 3.63) is 52.8 Å². The quantitative estimate of drug-likeness (QED) is 0.755. The Labute approximate surface area is 170 Å². The molecule has 2 aromatic carbocycles. The van der Waals surface area contributed by atoms with E-state index in [0.29, 0.717) is 37.9 Å². The molecule has 0 radical (unpaired) electrons. The first kappa shape index (κ1) is 18.6. The zero-order valence-corrected chi connectivity index (χ0v) is 17.1. The van der Waals surface area contributed by atoms with Crippen LogP contribution in [0.3, 0.4) is 0 Å². The van der Waals surface area contributed by atoms with E-state index in [1.807, 2.05) is 11.8 Å². The van der Waals surface area contributed by atoms with E-state index in [9.17, 15) is 17.6 Å². The first-order valence-corrected chi connectivity index (χ1v) is 11.6. The lowest BCUT2D eigenvalue weighted by Crippen LogP contribution is -2.43. The number of fused-ring (bicyclic) bond motifs is 1. The molecular formula is C22H23FN2O3S. The zero-order chi connectivity index (χ0) is 20.3. The molecule has 5 rings (SSSR count). The molecule has 3 aliphatic rings. The van der Waals surface area contributed by atoms with Crippen molar-refractivity contribution in [1.29, 1.82) is 0 Å². The van der Waals surface area contributed by atoms with Gasteiger partial charge in [0.15, 0.2) is 0 Å². The summed E-state index contributed by atoms with van der Waals surface area (Å²) in [7, 11) is -3.80. The summed E-state index contributed by atoms with van der Waals surface area (Å²) in [6.45, 7) is 2.60. The van der Waals surface area contributed by atoms with Crippen LogP contribution < -0.4 is 9.21 Å². The van der Waals surface area contributed by atoms with E-state index in [1.165, 1.54) is 16.4 Å². The Morgan fingerprint density at radius 3 is 2.55 bits per heavy atom. The smallest absolute Gasteiger partial charge is 0.264 e. The molecule has 29 heavy (non-hydrogen) atoms. The standard InChI is InChI=1S/C22H23FN2O3S/c1-14-4-5-15-11-18(23)7-8-20(15)25(14)29(27,28)19-12-16-3-2-10-24-21(26)9-6-17(13-19)22(16)24/h7-8,11-14H,2-6,9-10H2,1H3/t14-/m0/s1. The summed E-state index contributed by atoms with van der Waals surface area (Å²) in [5.41, 5.74) is 4.07. The molecular weight excluding hydrogens is 391 g/mol. The number of amides is 1. The van der Waals surface area contributed by atoms with E-state index in [1.54, 1.807) is 18.2 Å². The lowest BCUT2D eigenvalue weighted by molar-refractivity contribution is -0.119. The van der Waals surface area contributed by atoms with Gasteiger partial charge in [0.2, 0.25) is 5.91 Å². The molecule has 0 saturated carbocycles. The molecule has 0 unspecified atom stereocenters. The number of nitrogens with zero attached hydrogens (tertiary/aromatic N) is 2. The minimum Gasteiger partial charge on any atom is -0.312 e. The van der Waals surface area contributed by atoms with Crippen molar-refractivity contribution in [2.24, 2.45) is 0 Å². The van der Waals surface area contributed by atoms with Gasteiger partial charge in [0.1, 0.15) is 5.82 Å². The van der Waals surface area contributed by atoms with Crippen LogP contribution in [0.15, 0.2) is 35.2 Å². The van der Waals surface area contributed by atoms with Crippen LogP contribution in [0.25, 0.3) is 0 Å². The van der Waals surface area contributed by atoms with Crippen molar-refractivity contribution < 1.29 is 17.6 Å². The van der Waals surface area contributed by atoms with Crippen LogP contribution in [0.2, 0.25) is 0 Å². The van der Waals surface area contributed by atoms with Gasteiger partial charge in [0.05, 0.1) is 16.3 Å². The number of benzene rings is 2. The Morgan fingerprint density at radius 1 is 1.00 bits per heavy atom. The van der Waals surface area contributed by atoms with Crippen LogP contribution in [0.1, 0.15) is 42.9 Å². The van der Waals surface area contributed by atoms with Crippen molar-refractivity contribution >= 4 is 27.3 Å². The highest BCUT2D eigenvalue weighted by atomic mass is 32.2. The predicted octanol–water partition coefficient (Wildman–Crippen LogP) is 3.58. The minimum atomic E-state index is -3.80. The lowest BCUT2D eigenvalue weighted by atomic mass is 9.92.